The smallest absolute Gasteiger partial charge is 0.243 e. The van der Waals surface area contributed by atoms with Crippen molar-refractivity contribution in [2.24, 2.45) is 0 Å². The molecular weight excluding hydrogens is 204 g/mol. The van der Waals surface area contributed by atoms with Gasteiger partial charge in [-0.3, -0.25) is 10.0 Å². The maximum absolute atomic E-state index is 10.1. The molecule has 0 saturated heterocycles. The largest absolute Gasteiger partial charge is 0.306 e. The molecule has 0 fully saturated rings. The summed E-state index contributed by atoms with van der Waals surface area (Å²) in [6.45, 7) is 8.79. The predicted octanol–water partition coefficient (Wildman–Crippen LogP) is 2.67. The summed E-state index contributed by atoms with van der Waals surface area (Å²) < 4.78 is 0. The summed E-state index contributed by atoms with van der Waals surface area (Å²) in [5.41, 5.74) is 1.53. The standard InChI is InChI=1S/C7H17N.C4H9NO2.CH4/c1-4-6-8(3)7-5-2;1-2-3-4(6)5-7;/h4-7H2,1-3H3;7H,2-3H2,1H3,(H,5,6);1H4. The summed E-state index contributed by atoms with van der Waals surface area (Å²) in [7, 11) is 2.17. The minimum absolute atomic E-state index is 0. The van der Waals surface area contributed by atoms with Crippen LogP contribution in [0.3, 0.4) is 0 Å². The second-order valence-electron chi connectivity index (χ2n) is 3.59. The van der Waals surface area contributed by atoms with Crippen molar-refractivity contribution in [3.05, 3.63) is 0 Å². The van der Waals surface area contributed by atoms with Crippen molar-refractivity contribution in [2.45, 2.75) is 53.9 Å². The van der Waals surface area contributed by atoms with Gasteiger partial charge in [0.05, 0.1) is 0 Å². The first-order valence-corrected chi connectivity index (χ1v) is 5.73. The van der Waals surface area contributed by atoms with E-state index >= 15 is 0 Å². The number of carbonyl (C=O) groups excluding carboxylic acids is 1. The number of hydrogen-bond donors (Lipinski definition) is 2. The van der Waals surface area contributed by atoms with Gasteiger partial charge < -0.3 is 4.90 Å². The van der Waals surface area contributed by atoms with Gasteiger partial charge in [0.15, 0.2) is 0 Å². The monoisotopic (exact) mass is 234 g/mol. The molecule has 0 unspecified atom stereocenters. The molecule has 4 heteroatoms. The van der Waals surface area contributed by atoms with Crippen molar-refractivity contribution in [2.75, 3.05) is 20.1 Å². The van der Waals surface area contributed by atoms with E-state index in [4.69, 9.17) is 5.21 Å². The van der Waals surface area contributed by atoms with Gasteiger partial charge in [0.1, 0.15) is 0 Å². The Morgan fingerprint density at radius 2 is 1.56 bits per heavy atom. The quantitative estimate of drug-likeness (QED) is 0.549. The highest BCUT2D eigenvalue weighted by atomic mass is 16.5. The Morgan fingerprint density at radius 1 is 1.12 bits per heavy atom. The van der Waals surface area contributed by atoms with E-state index in [2.05, 4.69) is 25.8 Å². The van der Waals surface area contributed by atoms with Crippen LogP contribution in [0.15, 0.2) is 0 Å². The molecule has 100 valence electrons. The van der Waals surface area contributed by atoms with Crippen LogP contribution >= 0.6 is 0 Å². The zero-order valence-electron chi connectivity index (χ0n) is 10.5. The highest BCUT2D eigenvalue weighted by Crippen LogP contribution is 1.87. The molecule has 4 nitrogen and oxygen atoms in total. The van der Waals surface area contributed by atoms with Gasteiger partial charge in [-0.25, -0.2) is 5.48 Å². The Kier molecular flexibility index (Phi) is 21.8. The van der Waals surface area contributed by atoms with E-state index in [9.17, 15) is 4.79 Å². The number of nitrogens with one attached hydrogen (secondary N) is 1. The molecule has 16 heavy (non-hydrogen) atoms. The van der Waals surface area contributed by atoms with Crippen LogP contribution < -0.4 is 5.48 Å². The van der Waals surface area contributed by atoms with E-state index in [0.717, 1.165) is 6.42 Å². The molecule has 0 aromatic heterocycles. The van der Waals surface area contributed by atoms with Crippen LogP contribution in [0.25, 0.3) is 0 Å². The summed E-state index contributed by atoms with van der Waals surface area (Å²) in [5.74, 6) is -0.317. The number of hydroxylamine groups is 1. The lowest BCUT2D eigenvalue weighted by Crippen LogP contribution is -2.19. The molecule has 0 radical (unpaired) electrons. The molecule has 0 aliphatic heterocycles. The van der Waals surface area contributed by atoms with Crippen molar-refractivity contribution in [1.82, 2.24) is 10.4 Å². The van der Waals surface area contributed by atoms with Crippen LogP contribution in [0.4, 0.5) is 0 Å². The second-order valence-corrected chi connectivity index (χ2v) is 3.59. The zero-order valence-corrected chi connectivity index (χ0v) is 10.5. The van der Waals surface area contributed by atoms with E-state index in [1.807, 2.05) is 6.92 Å². The van der Waals surface area contributed by atoms with Gasteiger partial charge in [-0.1, -0.05) is 28.2 Å². The van der Waals surface area contributed by atoms with E-state index < -0.39 is 0 Å². The van der Waals surface area contributed by atoms with E-state index in [0.29, 0.717) is 6.42 Å². The minimum Gasteiger partial charge on any atom is -0.306 e. The molecule has 0 aliphatic carbocycles. The van der Waals surface area contributed by atoms with Crippen LogP contribution in [0, 0.1) is 0 Å². The highest BCUT2D eigenvalue weighted by molar-refractivity contribution is 5.74. The van der Waals surface area contributed by atoms with Crippen LogP contribution in [-0.2, 0) is 4.79 Å². The maximum Gasteiger partial charge on any atom is 0.243 e. The number of amides is 1. The van der Waals surface area contributed by atoms with Gasteiger partial charge in [-0.2, -0.15) is 0 Å². The van der Waals surface area contributed by atoms with Crippen molar-refractivity contribution < 1.29 is 10.0 Å². The Balaban J connectivity index is -0.000000200. The summed E-state index contributed by atoms with van der Waals surface area (Å²) in [6.07, 6.45) is 3.72. The molecule has 0 rings (SSSR count). The third kappa shape index (κ3) is 19.0. The van der Waals surface area contributed by atoms with Crippen molar-refractivity contribution in [3.8, 4) is 0 Å². The summed E-state index contributed by atoms with van der Waals surface area (Å²) in [5, 5.41) is 7.87. The Labute approximate surface area is 101 Å². The molecule has 1 amide bonds. The van der Waals surface area contributed by atoms with Gasteiger partial charge in [-0.15, -0.1) is 0 Å². The first kappa shape index (κ1) is 20.8. The van der Waals surface area contributed by atoms with Crippen LogP contribution in [0.2, 0.25) is 0 Å². The molecule has 0 spiro atoms. The van der Waals surface area contributed by atoms with Crippen molar-refractivity contribution in [1.29, 1.82) is 0 Å². The van der Waals surface area contributed by atoms with E-state index in [1.165, 1.54) is 31.4 Å². The molecule has 0 aromatic rings. The van der Waals surface area contributed by atoms with Gasteiger partial charge in [0.2, 0.25) is 5.91 Å². The number of carbonyl (C=O) groups is 1. The fraction of sp³-hybridized carbons (Fsp3) is 0.917. The fourth-order valence-electron chi connectivity index (χ4n) is 1.16. The average Bonchev–Trinajstić information content (AvgIpc) is 2.20. The zero-order chi connectivity index (χ0) is 12.1. The lowest BCUT2D eigenvalue weighted by molar-refractivity contribution is -0.129. The topological polar surface area (TPSA) is 52.6 Å². The summed E-state index contributed by atoms with van der Waals surface area (Å²) in [6, 6.07) is 0. The first-order chi connectivity index (χ1) is 7.12. The Hall–Kier alpha value is -0.610. The van der Waals surface area contributed by atoms with Gasteiger partial charge >= 0.3 is 0 Å². The van der Waals surface area contributed by atoms with Gasteiger partial charge in [0.25, 0.3) is 0 Å². The number of hydrogen-bond acceptors (Lipinski definition) is 3. The summed E-state index contributed by atoms with van der Waals surface area (Å²) >= 11 is 0. The fourth-order valence-corrected chi connectivity index (χ4v) is 1.16. The normalized spacial score (nSPS) is 8.88. The molecule has 0 saturated carbocycles. The third-order valence-corrected chi connectivity index (χ3v) is 1.81. The third-order valence-electron chi connectivity index (χ3n) is 1.81. The van der Waals surface area contributed by atoms with Gasteiger partial charge in [0, 0.05) is 6.42 Å². The lowest BCUT2D eigenvalue weighted by Gasteiger charge is -2.12. The van der Waals surface area contributed by atoms with Crippen LogP contribution in [0.5, 0.6) is 0 Å². The van der Waals surface area contributed by atoms with Gasteiger partial charge in [-0.05, 0) is 39.4 Å². The minimum atomic E-state index is -0.317. The predicted molar refractivity (Wildman–Crippen MR) is 69.6 cm³/mol. The van der Waals surface area contributed by atoms with E-state index in [1.54, 1.807) is 0 Å². The van der Waals surface area contributed by atoms with Crippen molar-refractivity contribution >= 4 is 5.91 Å². The van der Waals surface area contributed by atoms with E-state index in [-0.39, 0.29) is 13.3 Å². The number of nitrogens with zero attached hydrogens (tertiary/aromatic N) is 1. The first-order valence-electron chi connectivity index (χ1n) is 5.73. The number of rotatable bonds is 6. The molecule has 0 atom stereocenters. The second kappa shape index (κ2) is 16.8. The molecule has 0 bridgehead atoms. The lowest BCUT2D eigenvalue weighted by atomic mass is 10.3. The molecule has 2 N–H and O–H groups in total. The molecule has 0 aliphatic rings. The SMILES string of the molecule is C.CCCC(=O)NO.CCCN(C)CCC. The average molecular weight is 234 g/mol. The Bertz CT molecular complexity index is 135. The van der Waals surface area contributed by atoms with Crippen molar-refractivity contribution in [3.63, 3.8) is 0 Å². The van der Waals surface area contributed by atoms with Crippen LogP contribution in [0.1, 0.15) is 53.9 Å². The van der Waals surface area contributed by atoms with Crippen LogP contribution in [-0.4, -0.2) is 36.2 Å². The highest BCUT2D eigenvalue weighted by Gasteiger charge is 1.91. The molecular formula is C12H30N2O2. The Morgan fingerprint density at radius 3 is 1.75 bits per heavy atom. The maximum atomic E-state index is 10.1. The molecule has 0 heterocycles. The molecule has 0 aromatic carbocycles. The summed E-state index contributed by atoms with van der Waals surface area (Å²) in [4.78, 5) is 12.4.